The molecule has 16 heavy (non-hydrogen) atoms. The Labute approximate surface area is 99.4 Å². The van der Waals surface area contributed by atoms with Crippen LogP contribution in [0, 0.1) is 11.8 Å². The largest absolute Gasteiger partial charge is 0.481 e. The number of rotatable bonds is 7. The molecule has 94 valence electrons. The summed E-state index contributed by atoms with van der Waals surface area (Å²) in [6.07, 6.45) is 12.0. The summed E-state index contributed by atoms with van der Waals surface area (Å²) in [6, 6.07) is 0. The van der Waals surface area contributed by atoms with Crippen molar-refractivity contribution in [1.29, 1.82) is 0 Å². The highest BCUT2D eigenvalue weighted by Gasteiger charge is 2.21. The molecule has 0 spiro atoms. The van der Waals surface area contributed by atoms with Crippen molar-refractivity contribution in [1.82, 2.24) is 0 Å². The van der Waals surface area contributed by atoms with Crippen LogP contribution in [0.15, 0.2) is 0 Å². The maximum absolute atomic E-state index is 10.5. The average Bonchev–Trinajstić information content (AvgIpc) is 2.28. The highest BCUT2D eigenvalue weighted by atomic mass is 16.4. The Morgan fingerprint density at radius 2 is 1.62 bits per heavy atom. The van der Waals surface area contributed by atoms with E-state index >= 15 is 0 Å². The second-order valence-electron chi connectivity index (χ2n) is 5.31. The predicted octanol–water partition coefficient (Wildman–Crippen LogP) is 4.24. The fourth-order valence-corrected chi connectivity index (χ4v) is 2.82. The summed E-state index contributed by atoms with van der Waals surface area (Å²) in [4.78, 5) is 10.5. The molecule has 0 aromatic heterocycles. The lowest BCUT2D eigenvalue weighted by Crippen LogP contribution is -2.15. The Bertz CT molecular complexity index is 193. The molecule has 2 heteroatoms. The number of carboxylic acid groups (broad SMARTS) is 1. The maximum Gasteiger partial charge on any atom is 0.303 e. The van der Waals surface area contributed by atoms with E-state index in [1.165, 1.54) is 51.4 Å². The molecular formula is C14H26O2. The molecule has 0 aromatic rings. The normalized spacial score (nSPS) is 25.6. The van der Waals surface area contributed by atoms with Crippen molar-refractivity contribution in [2.45, 2.75) is 71.1 Å². The molecule has 1 fully saturated rings. The average molecular weight is 226 g/mol. The highest BCUT2D eigenvalue weighted by molar-refractivity contribution is 5.66. The van der Waals surface area contributed by atoms with Gasteiger partial charge in [0.2, 0.25) is 0 Å². The summed E-state index contributed by atoms with van der Waals surface area (Å²) in [6.45, 7) is 2.25. The smallest absolute Gasteiger partial charge is 0.303 e. The fraction of sp³-hybridized carbons (Fsp3) is 0.929. The Hall–Kier alpha value is -0.530. The van der Waals surface area contributed by atoms with Crippen LogP contribution in [0.25, 0.3) is 0 Å². The standard InChI is InChI=1S/C14H26O2/c1-2-3-4-5-12-6-8-13(9-7-12)10-11-14(15)16/h12-13H,2-11H2,1H3,(H,15,16). The first-order valence-electron chi connectivity index (χ1n) is 6.94. The number of hydrogen-bond donors (Lipinski definition) is 1. The van der Waals surface area contributed by atoms with Crippen molar-refractivity contribution in [2.24, 2.45) is 11.8 Å². The molecule has 1 N–H and O–H groups in total. The van der Waals surface area contributed by atoms with Crippen molar-refractivity contribution < 1.29 is 9.90 Å². The zero-order valence-corrected chi connectivity index (χ0v) is 10.6. The minimum Gasteiger partial charge on any atom is -0.481 e. The number of unbranched alkanes of at least 4 members (excludes halogenated alkanes) is 2. The van der Waals surface area contributed by atoms with Crippen molar-refractivity contribution in [3.8, 4) is 0 Å². The van der Waals surface area contributed by atoms with Gasteiger partial charge in [0.25, 0.3) is 0 Å². The van der Waals surface area contributed by atoms with Gasteiger partial charge in [-0.25, -0.2) is 0 Å². The summed E-state index contributed by atoms with van der Waals surface area (Å²) in [5.41, 5.74) is 0. The number of carboxylic acids is 1. The van der Waals surface area contributed by atoms with E-state index in [1.54, 1.807) is 0 Å². The minimum atomic E-state index is -0.634. The van der Waals surface area contributed by atoms with Crippen LogP contribution in [0.3, 0.4) is 0 Å². The van der Waals surface area contributed by atoms with Gasteiger partial charge in [-0.15, -0.1) is 0 Å². The first-order valence-corrected chi connectivity index (χ1v) is 6.94. The van der Waals surface area contributed by atoms with Gasteiger partial charge >= 0.3 is 5.97 Å². The monoisotopic (exact) mass is 226 g/mol. The molecule has 0 amide bonds. The van der Waals surface area contributed by atoms with Gasteiger partial charge in [0.15, 0.2) is 0 Å². The molecule has 0 aliphatic heterocycles. The number of carbonyl (C=O) groups is 1. The second-order valence-corrected chi connectivity index (χ2v) is 5.31. The lowest BCUT2D eigenvalue weighted by molar-refractivity contribution is -0.137. The van der Waals surface area contributed by atoms with E-state index in [1.807, 2.05) is 0 Å². The second kappa shape index (κ2) is 7.70. The zero-order valence-electron chi connectivity index (χ0n) is 10.6. The molecule has 0 aromatic carbocycles. The van der Waals surface area contributed by atoms with Gasteiger partial charge in [0.1, 0.15) is 0 Å². The van der Waals surface area contributed by atoms with Gasteiger partial charge in [-0.05, 0) is 18.3 Å². The van der Waals surface area contributed by atoms with E-state index in [9.17, 15) is 4.79 Å². The first kappa shape index (κ1) is 13.5. The van der Waals surface area contributed by atoms with Gasteiger partial charge in [0, 0.05) is 6.42 Å². The van der Waals surface area contributed by atoms with E-state index in [0.29, 0.717) is 12.3 Å². The predicted molar refractivity (Wildman–Crippen MR) is 66.5 cm³/mol. The van der Waals surface area contributed by atoms with Crippen LogP contribution in [-0.2, 0) is 4.79 Å². The maximum atomic E-state index is 10.5. The Morgan fingerprint density at radius 1 is 1.06 bits per heavy atom. The summed E-state index contributed by atoms with van der Waals surface area (Å²) in [5.74, 6) is 0.997. The van der Waals surface area contributed by atoms with Crippen LogP contribution in [0.4, 0.5) is 0 Å². The first-order chi connectivity index (χ1) is 7.72. The van der Waals surface area contributed by atoms with Gasteiger partial charge in [-0.3, -0.25) is 4.79 Å². The van der Waals surface area contributed by atoms with E-state index in [0.717, 1.165) is 12.3 Å². The van der Waals surface area contributed by atoms with Crippen LogP contribution in [0.1, 0.15) is 71.1 Å². The van der Waals surface area contributed by atoms with Crippen LogP contribution < -0.4 is 0 Å². The Morgan fingerprint density at radius 3 is 2.12 bits per heavy atom. The summed E-state index contributed by atoms with van der Waals surface area (Å²) >= 11 is 0. The third-order valence-corrected chi connectivity index (χ3v) is 3.95. The van der Waals surface area contributed by atoms with Crippen LogP contribution in [0.5, 0.6) is 0 Å². The quantitative estimate of drug-likeness (QED) is 0.659. The minimum absolute atomic E-state index is 0.366. The SMILES string of the molecule is CCCCCC1CCC(CCC(=O)O)CC1. The molecular weight excluding hydrogens is 200 g/mol. The summed E-state index contributed by atoms with van der Waals surface area (Å²) < 4.78 is 0. The number of hydrogen-bond acceptors (Lipinski definition) is 1. The number of aliphatic carboxylic acids is 1. The Kier molecular flexibility index (Phi) is 6.51. The summed E-state index contributed by atoms with van der Waals surface area (Å²) in [5, 5.41) is 8.64. The zero-order chi connectivity index (χ0) is 11.8. The van der Waals surface area contributed by atoms with E-state index in [4.69, 9.17) is 5.11 Å². The van der Waals surface area contributed by atoms with Crippen molar-refractivity contribution in [2.75, 3.05) is 0 Å². The fourth-order valence-electron chi connectivity index (χ4n) is 2.82. The van der Waals surface area contributed by atoms with E-state index < -0.39 is 5.97 Å². The van der Waals surface area contributed by atoms with Crippen molar-refractivity contribution in [3.63, 3.8) is 0 Å². The molecule has 0 heterocycles. The molecule has 0 saturated heterocycles. The molecule has 1 rings (SSSR count). The summed E-state index contributed by atoms with van der Waals surface area (Å²) in [7, 11) is 0. The van der Waals surface area contributed by atoms with Crippen LogP contribution >= 0.6 is 0 Å². The van der Waals surface area contributed by atoms with Gasteiger partial charge < -0.3 is 5.11 Å². The molecule has 1 aliphatic carbocycles. The third-order valence-electron chi connectivity index (χ3n) is 3.95. The van der Waals surface area contributed by atoms with Crippen LogP contribution in [-0.4, -0.2) is 11.1 Å². The highest BCUT2D eigenvalue weighted by Crippen LogP contribution is 2.34. The van der Waals surface area contributed by atoms with Gasteiger partial charge in [-0.2, -0.15) is 0 Å². The van der Waals surface area contributed by atoms with Crippen LogP contribution in [0.2, 0.25) is 0 Å². The molecule has 1 aliphatic rings. The Balaban J connectivity index is 2.06. The lowest BCUT2D eigenvalue weighted by atomic mass is 9.78. The topological polar surface area (TPSA) is 37.3 Å². The van der Waals surface area contributed by atoms with Crippen molar-refractivity contribution in [3.05, 3.63) is 0 Å². The molecule has 0 bridgehead atoms. The third kappa shape index (κ3) is 5.53. The molecule has 2 nitrogen and oxygen atoms in total. The van der Waals surface area contributed by atoms with Gasteiger partial charge in [-0.1, -0.05) is 58.3 Å². The van der Waals surface area contributed by atoms with Crippen molar-refractivity contribution >= 4 is 5.97 Å². The molecule has 0 radical (unpaired) electrons. The molecule has 0 unspecified atom stereocenters. The van der Waals surface area contributed by atoms with Gasteiger partial charge in [0.05, 0.1) is 0 Å². The van der Waals surface area contributed by atoms with E-state index in [2.05, 4.69) is 6.92 Å². The molecule has 0 atom stereocenters. The molecule has 1 saturated carbocycles. The lowest BCUT2D eigenvalue weighted by Gasteiger charge is -2.28. The van der Waals surface area contributed by atoms with E-state index in [-0.39, 0.29) is 0 Å².